The molecule has 0 aromatic heterocycles. The number of rotatable bonds is 6. The van der Waals surface area contributed by atoms with Gasteiger partial charge >= 0.3 is 0 Å². The van der Waals surface area contributed by atoms with Crippen molar-refractivity contribution < 1.29 is 9.18 Å². The Hall–Kier alpha value is -2.36. The molecule has 0 aliphatic heterocycles. The Morgan fingerprint density at radius 2 is 1.77 bits per heavy atom. The molecule has 4 heteroatoms. The summed E-state index contributed by atoms with van der Waals surface area (Å²) >= 11 is 0. The number of hydrogen-bond donors (Lipinski definition) is 2. The van der Waals surface area contributed by atoms with Crippen LogP contribution in [-0.4, -0.2) is 12.5 Å². The van der Waals surface area contributed by atoms with Crippen molar-refractivity contribution in [2.75, 3.05) is 11.9 Å². The first-order chi connectivity index (χ1) is 10.5. The fourth-order valence-electron chi connectivity index (χ4n) is 2.32. The zero-order chi connectivity index (χ0) is 15.9. The molecule has 0 bridgehead atoms. The number of nitrogens with one attached hydrogen (secondary N) is 2. The number of carbonyl (C=O) groups excluding carboxylic acids is 1. The van der Waals surface area contributed by atoms with Crippen molar-refractivity contribution in [3.05, 3.63) is 65.0 Å². The third-order valence-corrected chi connectivity index (χ3v) is 3.34. The maximum Gasteiger partial charge on any atom is 0.222 e. The van der Waals surface area contributed by atoms with E-state index in [1.54, 1.807) is 18.2 Å². The van der Waals surface area contributed by atoms with E-state index in [0.29, 0.717) is 18.5 Å². The molecule has 3 nitrogen and oxygen atoms in total. The third-order valence-electron chi connectivity index (χ3n) is 3.34. The van der Waals surface area contributed by atoms with Crippen molar-refractivity contribution in [3.8, 4) is 0 Å². The molecule has 0 saturated heterocycles. The Balaban J connectivity index is 1.75. The van der Waals surface area contributed by atoms with E-state index in [1.165, 1.54) is 17.2 Å². The summed E-state index contributed by atoms with van der Waals surface area (Å²) in [6, 6.07) is 12.6. The first-order valence-corrected chi connectivity index (χ1v) is 7.37. The standard InChI is InChI=1S/C18H21FN2O/c1-13-9-14(2)11-16(10-13)20-8-7-18(22)21-12-15-5-3-4-6-17(15)19/h3-6,9-11,20H,7-8,12H2,1-2H3,(H,21,22). The molecule has 116 valence electrons. The molecule has 0 aliphatic rings. The van der Waals surface area contributed by atoms with Crippen LogP contribution in [-0.2, 0) is 11.3 Å². The van der Waals surface area contributed by atoms with Crippen LogP contribution < -0.4 is 10.6 Å². The largest absolute Gasteiger partial charge is 0.385 e. The molecule has 2 aromatic carbocycles. The summed E-state index contributed by atoms with van der Waals surface area (Å²) < 4.78 is 13.4. The normalized spacial score (nSPS) is 10.3. The van der Waals surface area contributed by atoms with Gasteiger partial charge in [0.15, 0.2) is 0 Å². The zero-order valence-corrected chi connectivity index (χ0v) is 12.9. The van der Waals surface area contributed by atoms with Crippen LogP contribution in [0, 0.1) is 19.7 Å². The summed E-state index contributed by atoms with van der Waals surface area (Å²) in [5.74, 6) is -0.392. The van der Waals surface area contributed by atoms with Gasteiger partial charge in [0.25, 0.3) is 0 Å². The molecule has 0 heterocycles. The van der Waals surface area contributed by atoms with Crippen LogP contribution in [0.3, 0.4) is 0 Å². The first-order valence-electron chi connectivity index (χ1n) is 7.37. The summed E-state index contributed by atoms with van der Waals surface area (Å²) in [7, 11) is 0. The minimum absolute atomic E-state index is 0.0971. The maximum atomic E-state index is 13.4. The van der Waals surface area contributed by atoms with Crippen LogP contribution in [0.5, 0.6) is 0 Å². The molecular weight excluding hydrogens is 279 g/mol. The summed E-state index contributed by atoms with van der Waals surface area (Å²) in [6.07, 6.45) is 0.349. The summed E-state index contributed by atoms with van der Waals surface area (Å²) in [4.78, 5) is 11.8. The highest BCUT2D eigenvalue weighted by molar-refractivity contribution is 5.76. The average Bonchev–Trinajstić information content (AvgIpc) is 2.45. The van der Waals surface area contributed by atoms with E-state index in [4.69, 9.17) is 0 Å². The predicted octanol–water partition coefficient (Wildman–Crippen LogP) is 3.56. The SMILES string of the molecule is Cc1cc(C)cc(NCCC(=O)NCc2ccccc2F)c1. The molecule has 0 atom stereocenters. The van der Waals surface area contributed by atoms with E-state index < -0.39 is 0 Å². The van der Waals surface area contributed by atoms with Gasteiger partial charge in [0, 0.05) is 30.8 Å². The second-order valence-electron chi connectivity index (χ2n) is 5.42. The number of hydrogen-bond acceptors (Lipinski definition) is 2. The Morgan fingerprint density at radius 1 is 1.09 bits per heavy atom. The van der Waals surface area contributed by atoms with E-state index in [0.717, 1.165) is 5.69 Å². The quantitative estimate of drug-likeness (QED) is 0.856. The molecule has 0 radical (unpaired) electrons. The lowest BCUT2D eigenvalue weighted by Crippen LogP contribution is -2.25. The van der Waals surface area contributed by atoms with Crippen molar-refractivity contribution in [3.63, 3.8) is 0 Å². The van der Waals surface area contributed by atoms with E-state index in [1.807, 2.05) is 26.0 Å². The van der Waals surface area contributed by atoms with Crippen LogP contribution in [0.1, 0.15) is 23.1 Å². The highest BCUT2D eigenvalue weighted by Gasteiger charge is 2.04. The summed E-state index contributed by atoms with van der Waals surface area (Å²) in [5.41, 5.74) is 3.88. The van der Waals surface area contributed by atoms with Gasteiger partial charge in [0.05, 0.1) is 0 Å². The third kappa shape index (κ3) is 4.88. The smallest absolute Gasteiger partial charge is 0.222 e. The highest BCUT2D eigenvalue weighted by Crippen LogP contribution is 2.13. The minimum atomic E-state index is -0.295. The number of amides is 1. The Kier molecular flexibility index (Phi) is 5.53. The first kappa shape index (κ1) is 16.0. The number of benzene rings is 2. The van der Waals surface area contributed by atoms with Crippen molar-refractivity contribution in [2.24, 2.45) is 0 Å². The molecule has 0 saturated carbocycles. The topological polar surface area (TPSA) is 41.1 Å². The van der Waals surface area contributed by atoms with Gasteiger partial charge in [-0.3, -0.25) is 4.79 Å². The molecule has 1 amide bonds. The second kappa shape index (κ2) is 7.59. The Morgan fingerprint density at radius 3 is 2.45 bits per heavy atom. The van der Waals surface area contributed by atoms with Gasteiger partial charge in [0.1, 0.15) is 5.82 Å². The summed E-state index contributed by atoms with van der Waals surface area (Å²) in [5, 5.41) is 5.96. The van der Waals surface area contributed by atoms with Crippen LogP contribution in [0.2, 0.25) is 0 Å². The average molecular weight is 300 g/mol. The van der Waals surface area contributed by atoms with Crippen molar-refractivity contribution in [1.29, 1.82) is 0 Å². The number of anilines is 1. The van der Waals surface area contributed by atoms with Gasteiger partial charge in [0.2, 0.25) is 5.91 Å². The van der Waals surface area contributed by atoms with Crippen LogP contribution in [0.4, 0.5) is 10.1 Å². The number of halogens is 1. The minimum Gasteiger partial charge on any atom is -0.385 e. The second-order valence-corrected chi connectivity index (χ2v) is 5.42. The molecule has 0 spiro atoms. The van der Waals surface area contributed by atoms with Crippen LogP contribution in [0.25, 0.3) is 0 Å². The lowest BCUT2D eigenvalue weighted by atomic mass is 10.1. The van der Waals surface area contributed by atoms with Gasteiger partial charge in [-0.2, -0.15) is 0 Å². The van der Waals surface area contributed by atoms with Gasteiger partial charge in [-0.25, -0.2) is 4.39 Å². The fraction of sp³-hybridized carbons (Fsp3) is 0.278. The van der Waals surface area contributed by atoms with Crippen molar-refractivity contribution >= 4 is 11.6 Å². The zero-order valence-electron chi connectivity index (χ0n) is 12.9. The molecule has 0 aliphatic carbocycles. The van der Waals surface area contributed by atoms with Crippen molar-refractivity contribution in [1.82, 2.24) is 5.32 Å². The Labute approximate surface area is 130 Å². The number of aryl methyl sites for hydroxylation is 2. The lowest BCUT2D eigenvalue weighted by molar-refractivity contribution is -0.121. The van der Waals surface area contributed by atoms with E-state index in [9.17, 15) is 9.18 Å². The van der Waals surface area contributed by atoms with Crippen LogP contribution >= 0.6 is 0 Å². The Bertz CT molecular complexity index is 635. The predicted molar refractivity (Wildman–Crippen MR) is 87.3 cm³/mol. The maximum absolute atomic E-state index is 13.4. The molecular formula is C18H21FN2O. The lowest BCUT2D eigenvalue weighted by Gasteiger charge is -2.09. The molecule has 0 fully saturated rings. The summed E-state index contributed by atoms with van der Waals surface area (Å²) in [6.45, 7) is 4.85. The molecule has 2 rings (SSSR count). The van der Waals surface area contributed by atoms with Crippen LogP contribution in [0.15, 0.2) is 42.5 Å². The molecule has 2 N–H and O–H groups in total. The molecule has 2 aromatic rings. The fourth-order valence-corrected chi connectivity index (χ4v) is 2.32. The van der Waals surface area contributed by atoms with E-state index in [2.05, 4.69) is 16.7 Å². The van der Waals surface area contributed by atoms with Gasteiger partial charge < -0.3 is 10.6 Å². The van der Waals surface area contributed by atoms with Gasteiger partial charge in [-0.15, -0.1) is 0 Å². The highest BCUT2D eigenvalue weighted by atomic mass is 19.1. The van der Waals surface area contributed by atoms with E-state index in [-0.39, 0.29) is 18.3 Å². The van der Waals surface area contributed by atoms with Crippen molar-refractivity contribution in [2.45, 2.75) is 26.8 Å². The molecule has 0 unspecified atom stereocenters. The van der Waals surface area contributed by atoms with Gasteiger partial charge in [-0.05, 0) is 43.2 Å². The van der Waals surface area contributed by atoms with E-state index >= 15 is 0 Å². The monoisotopic (exact) mass is 300 g/mol. The van der Waals surface area contributed by atoms with Gasteiger partial charge in [-0.1, -0.05) is 24.3 Å². The number of carbonyl (C=O) groups is 1. The molecule has 22 heavy (non-hydrogen) atoms.